The molecule has 0 saturated carbocycles. The van der Waals surface area contributed by atoms with E-state index in [4.69, 9.17) is 33.7 Å². The van der Waals surface area contributed by atoms with Crippen LogP contribution in [0.25, 0.3) is 0 Å². The molecular weight excluding hydrogens is 399 g/mol. The number of carbonyl (C=O) groups is 1. The highest BCUT2D eigenvalue weighted by Gasteiger charge is 2.27. The van der Waals surface area contributed by atoms with Gasteiger partial charge in [0.1, 0.15) is 11.8 Å². The zero-order chi connectivity index (χ0) is 20.3. The number of hydrogen-bond acceptors (Lipinski definition) is 5. The van der Waals surface area contributed by atoms with Gasteiger partial charge in [0, 0.05) is 36.9 Å². The Bertz CT molecular complexity index is 921. The Morgan fingerprint density at radius 1 is 1.18 bits per heavy atom. The summed E-state index contributed by atoms with van der Waals surface area (Å²) in [5.41, 5.74) is 7.68. The van der Waals surface area contributed by atoms with Crippen molar-refractivity contribution in [3.8, 4) is 11.8 Å². The minimum atomic E-state index is -0.670. The molecule has 146 valence electrons. The predicted octanol–water partition coefficient (Wildman–Crippen LogP) is 3.56. The summed E-state index contributed by atoms with van der Waals surface area (Å²) in [6.45, 7) is 4.02. The Morgan fingerprint density at radius 3 is 2.54 bits per heavy atom. The Morgan fingerprint density at radius 2 is 1.89 bits per heavy atom. The maximum atomic E-state index is 12.7. The average Bonchev–Trinajstić information content (AvgIpc) is 2.69. The summed E-state index contributed by atoms with van der Waals surface area (Å²) < 4.78 is 5.72. The monoisotopic (exact) mass is 418 g/mol. The van der Waals surface area contributed by atoms with Crippen LogP contribution in [0.2, 0.25) is 10.0 Å². The number of ether oxygens (including phenoxy) is 1. The molecule has 1 atom stereocenters. The topological polar surface area (TPSA) is 82.6 Å². The summed E-state index contributed by atoms with van der Waals surface area (Å²) in [6, 6.07) is 12.4. The number of nitriles is 1. The second kappa shape index (κ2) is 8.59. The molecule has 1 fully saturated rings. The summed E-state index contributed by atoms with van der Waals surface area (Å²) in [7, 11) is 0. The van der Waals surface area contributed by atoms with Crippen LogP contribution in [0.1, 0.15) is 12.5 Å². The van der Waals surface area contributed by atoms with Crippen molar-refractivity contribution < 1.29 is 9.53 Å². The van der Waals surface area contributed by atoms with Gasteiger partial charge in [-0.2, -0.15) is 5.26 Å². The summed E-state index contributed by atoms with van der Waals surface area (Å²) in [5.74, 6) is 0.314. The van der Waals surface area contributed by atoms with Crippen molar-refractivity contribution in [3.63, 3.8) is 0 Å². The molecule has 0 aliphatic carbocycles. The van der Waals surface area contributed by atoms with Crippen LogP contribution < -0.4 is 15.4 Å². The van der Waals surface area contributed by atoms with E-state index in [0.29, 0.717) is 53.2 Å². The number of hydrogen-bond donors (Lipinski definition) is 1. The molecule has 0 radical (unpaired) electrons. The Balaban J connectivity index is 1.61. The molecule has 28 heavy (non-hydrogen) atoms. The molecule has 8 heteroatoms. The SMILES string of the molecule is C[C@@H](Oc1ccc(Cl)cc1Cl)C(=O)N1CCN(c2ccc(N)cc2C#N)CC1. The Labute approximate surface area is 174 Å². The molecule has 2 aromatic rings. The van der Waals surface area contributed by atoms with E-state index >= 15 is 0 Å². The van der Waals surface area contributed by atoms with Gasteiger partial charge in [-0.15, -0.1) is 0 Å². The number of nitrogens with two attached hydrogens (primary N) is 1. The highest BCUT2D eigenvalue weighted by atomic mass is 35.5. The lowest BCUT2D eigenvalue weighted by Gasteiger charge is -2.37. The summed E-state index contributed by atoms with van der Waals surface area (Å²) >= 11 is 12.0. The van der Waals surface area contributed by atoms with Crippen molar-refractivity contribution in [2.24, 2.45) is 0 Å². The van der Waals surface area contributed by atoms with Gasteiger partial charge in [-0.1, -0.05) is 23.2 Å². The van der Waals surface area contributed by atoms with Crippen molar-refractivity contribution in [3.05, 3.63) is 52.0 Å². The first kappa shape index (κ1) is 20.1. The van der Waals surface area contributed by atoms with E-state index < -0.39 is 6.10 Å². The zero-order valence-electron chi connectivity index (χ0n) is 15.4. The molecule has 1 aliphatic rings. The van der Waals surface area contributed by atoms with Gasteiger partial charge >= 0.3 is 0 Å². The number of nitrogen functional groups attached to an aromatic ring is 1. The van der Waals surface area contributed by atoms with Crippen molar-refractivity contribution >= 4 is 40.5 Å². The van der Waals surface area contributed by atoms with Gasteiger partial charge in [0.25, 0.3) is 5.91 Å². The molecule has 0 aromatic heterocycles. The van der Waals surface area contributed by atoms with E-state index in [9.17, 15) is 10.1 Å². The molecule has 0 unspecified atom stereocenters. The molecule has 2 aromatic carbocycles. The molecule has 3 rings (SSSR count). The molecule has 1 saturated heterocycles. The highest BCUT2D eigenvalue weighted by molar-refractivity contribution is 6.35. The summed E-state index contributed by atoms with van der Waals surface area (Å²) in [5, 5.41) is 10.2. The van der Waals surface area contributed by atoms with Crippen LogP contribution in [-0.4, -0.2) is 43.1 Å². The third-order valence-electron chi connectivity index (χ3n) is 4.62. The minimum Gasteiger partial charge on any atom is -0.479 e. The van der Waals surface area contributed by atoms with Crippen LogP contribution in [0.5, 0.6) is 5.75 Å². The van der Waals surface area contributed by atoms with Crippen LogP contribution in [-0.2, 0) is 4.79 Å². The second-order valence-corrected chi connectivity index (χ2v) is 7.38. The van der Waals surface area contributed by atoms with Gasteiger partial charge in [-0.05, 0) is 43.3 Å². The maximum absolute atomic E-state index is 12.7. The van der Waals surface area contributed by atoms with Crippen LogP contribution in [0, 0.1) is 11.3 Å². The van der Waals surface area contributed by atoms with Crippen LogP contribution in [0.15, 0.2) is 36.4 Å². The quantitative estimate of drug-likeness (QED) is 0.767. The van der Waals surface area contributed by atoms with E-state index in [2.05, 4.69) is 11.0 Å². The normalized spacial score (nSPS) is 15.1. The smallest absolute Gasteiger partial charge is 0.263 e. The van der Waals surface area contributed by atoms with Crippen molar-refractivity contribution in [2.75, 3.05) is 36.8 Å². The standard InChI is InChI=1S/C20H20Cl2N4O2/c1-13(28-19-5-2-15(21)11-17(19)22)20(27)26-8-6-25(7-9-26)18-4-3-16(24)10-14(18)12-23/h2-5,10-11,13H,6-9,24H2,1H3/t13-/m1/s1. The van der Waals surface area contributed by atoms with Crippen molar-refractivity contribution in [1.29, 1.82) is 5.26 Å². The summed E-state index contributed by atoms with van der Waals surface area (Å²) in [6.07, 6.45) is -0.670. The molecule has 6 nitrogen and oxygen atoms in total. The third kappa shape index (κ3) is 4.44. The van der Waals surface area contributed by atoms with Gasteiger partial charge in [-0.3, -0.25) is 4.79 Å². The van der Waals surface area contributed by atoms with Gasteiger partial charge in [0.05, 0.1) is 16.3 Å². The molecule has 1 amide bonds. The van der Waals surface area contributed by atoms with Gasteiger partial charge in [0.2, 0.25) is 0 Å². The lowest BCUT2D eigenvalue weighted by Crippen LogP contribution is -2.52. The number of nitrogens with zero attached hydrogens (tertiary/aromatic N) is 3. The van der Waals surface area contributed by atoms with E-state index in [1.165, 1.54) is 0 Å². The van der Waals surface area contributed by atoms with E-state index in [1.54, 1.807) is 42.2 Å². The molecule has 0 bridgehead atoms. The number of benzene rings is 2. The number of anilines is 2. The average molecular weight is 419 g/mol. The molecule has 0 spiro atoms. The van der Waals surface area contributed by atoms with Gasteiger partial charge in [0.15, 0.2) is 6.10 Å². The van der Waals surface area contributed by atoms with Crippen LogP contribution >= 0.6 is 23.2 Å². The van der Waals surface area contributed by atoms with Crippen LogP contribution in [0.3, 0.4) is 0 Å². The van der Waals surface area contributed by atoms with Crippen LogP contribution in [0.4, 0.5) is 11.4 Å². The molecule has 2 N–H and O–H groups in total. The number of piperazine rings is 1. The molecule has 1 aliphatic heterocycles. The van der Waals surface area contributed by atoms with E-state index in [-0.39, 0.29) is 5.91 Å². The van der Waals surface area contributed by atoms with Gasteiger partial charge < -0.3 is 20.3 Å². The van der Waals surface area contributed by atoms with E-state index in [1.807, 2.05) is 6.07 Å². The maximum Gasteiger partial charge on any atom is 0.263 e. The Kier molecular flexibility index (Phi) is 6.18. The zero-order valence-corrected chi connectivity index (χ0v) is 16.9. The first-order valence-electron chi connectivity index (χ1n) is 8.84. The minimum absolute atomic E-state index is 0.108. The number of carbonyl (C=O) groups excluding carboxylic acids is 1. The lowest BCUT2D eigenvalue weighted by atomic mass is 10.1. The third-order valence-corrected chi connectivity index (χ3v) is 5.15. The lowest BCUT2D eigenvalue weighted by molar-refractivity contribution is -0.138. The van der Waals surface area contributed by atoms with Crippen molar-refractivity contribution in [1.82, 2.24) is 4.90 Å². The molecular formula is C20H20Cl2N4O2. The number of amides is 1. The predicted molar refractivity (Wildman–Crippen MR) is 111 cm³/mol. The first-order chi connectivity index (χ1) is 13.4. The largest absolute Gasteiger partial charge is 0.479 e. The molecule has 1 heterocycles. The van der Waals surface area contributed by atoms with E-state index in [0.717, 1.165) is 5.69 Å². The second-order valence-electron chi connectivity index (χ2n) is 6.54. The Hall–Kier alpha value is -2.62. The fraction of sp³-hybridized carbons (Fsp3) is 0.300. The first-order valence-corrected chi connectivity index (χ1v) is 9.59. The van der Waals surface area contributed by atoms with Crippen molar-refractivity contribution in [2.45, 2.75) is 13.0 Å². The summed E-state index contributed by atoms with van der Waals surface area (Å²) in [4.78, 5) is 16.6. The highest BCUT2D eigenvalue weighted by Crippen LogP contribution is 2.29. The van der Waals surface area contributed by atoms with Gasteiger partial charge in [-0.25, -0.2) is 0 Å². The number of rotatable bonds is 4. The fourth-order valence-corrected chi connectivity index (χ4v) is 3.61. The fourth-order valence-electron chi connectivity index (χ4n) is 3.16. The number of halogens is 2.